The molecule has 1 atom stereocenters. The molecule has 0 saturated carbocycles. The Hall–Kier alpha value is -1.75. The molecule has 102 valence electrons. The first kappa shape index (κ1) is 13.7. The standard InChI is InChI=1S/C14H21N5/c1-3-7-15-12(14-17-8-4-9-18-14)5-6-13-16-10-11-19(13)2/h4,8-12,15H,3,5-7H2,1-2H3. The molecule has 5 nitrogen and oxygen atoms in total. The van der Waals surface area contributed by atoms with Gasteiger partial charge in [0.2, 0.25) is 0 Å². The summed E-state index contributed by atoms with van der Waals surface area (Å²) >= 11 is 0. The van der Waals surface area contributed by atoms with Crippen molar-refractivity contribution in [1.82, 2.24) is 24.8 Å². The Morgan fingerprint density at radius 2 is 2.00 bits per heavy atom. The average Bonchev–Trinajstić information content (AvgIpc) is 2.85. The quantitative estimate of drug-likeness (QED) is 0.825. The summed E-state index contributed by atoms with van der Waals surface area (Å²) in [4.78, 5) is 13.1. The van der Waals surface area contributed by atoms with Crippen molar-refractivity contribution in [3.63, 3.8) is 0 Å². The topological polar surface area (TPSA) is 55.6 Å². The van der Waals surface area contributed by atoms with E-state index >= 15 is 0 Å². The second kappa shape index (κ2) is 6.99. The first-order chi connectivity index (χ1) is 9.31. The van der Waals surface area contributed by atoms with Crippen LogP contribution in [0, 0.1) is 0 Å². The highest BCUT2D eigenvalue weighted by atomic mass is 15.0. The lowest BCUT2D eigenvalue weighted by Gasteiger charge is -2.16. The van der Waals surface area contributed by atoms with Gasteiger partial charge in [-0.05, 0) is 25.5 Å². The minimum absolute atomic E-state index is 0.192. The van der Waals surface area contributed by atoms with Crippen LogP contribution in [0.5, 0.6) is 0 Å². The molecule has 2 rings (SSSR count). The van der Waals surface area contributed by atoms with Crippen LogP contribution in [0.1, 0.15) is 37.5 Å². The van der Waals surface area contributed by atoms with Gasteiger partial charge in [-0.2, -0.15) is 0 Å². The Labute approximate surface area is 114 Å². The fraction of sp³-hybridized carbons (Fsp3) is 0.500. The van der Waals surface area contributed by atoms with Crippen LogP contribution in [-0.2, 0) is 13.5 Å². The van der Waals surface area contributed by atoms with Gasteiger partial charge < -0.3 is 9.88 Å². The molecule has 0 aliphatic heterocycles. The van der Waals surface area contributed by atoms with Crippen LogP contribution < -0.4 is 5.32 Å². The molecule has 2 heterocycles. The van der Waals surface area contributed by atoms with Crippen molar-refractivity contribution in [2.75, 3.05) is 6.54 Å². The van der Waals surface area contributed by atoms with Gasteiger partial charge in [0.05, 0.1) is 6.04 Å². The second-order valence-corrected chi connectivity index (χ2v) is 4.61. The largest absolute Gasteiger partial charge is 0.338 e. The van der Waals surface area contributed by atoms with Crippen molar-refractivity contribution in [2.45, 2.75) is 32.2 Å². The molecular weight excluding hydrogens is 238 g/mol. The molecule has 0 bridgehead atoms. The number of aryl methyl sites for hydroxylation is 2. The van der Waals surface area contributed by atoms with Gasteiger partial charge in [-0.25, -0.2) is 15.0 Å². The summed E-state index contributed by atoms with van der Waals surface area (Å²) in [5.74, 6) is 1.96. The van der Waals surface area contributed by atoms with Gasteiger partial charge in [0.1, 0.15) is 11.6 Å². The smallest absolute Gasteiger partial charge is 0.145 e. The molecule has 19 heavy (non-hydrogen) atoms. The maximum absolute atomic E-state index is 4.36. The highest BCUT2D eigenvalue weighted by molar-refractivity contribution is 4.99. The molecule has 0 spiro atoms. The Balaban J connectivity index is 2.00. The Bertz CT molecular complexity index is 480. The van der Waals surface area contributed by atoms with Gasteiger partial charge in [0.15, 0.2) is 0 Å². The lowest BCUT2D eigenvalue weighted by molar-refractivity contribution is 0.470. The van der Waals surface area contributed by atoms with Crippen molar-refractivity contribution in [3.8, 4) is 0 Å². The molecule has 0 amide bonds. The van der Waals surface area contributed by atoms with Gasteiger partial charge >= 0.3 is 0 Å². The number of rotatable bonds is 7. The summed E-state index contributed by atoms with van der Waals surface area (Å²) in [5, 5.41) is 3.51. The predicted octanol–water partition coefficient (Wildman–Crippen LogP) is 1.88. The van der Waals surface area contributed by atoms with E-state index in [-0.39, 0.29) is 6.04 Å². The van der Waals surface area contributed by atoms with Crippen LogP contribution in [0.3, 0.4) is 0 Å². The van der Waals surface area contributed by atoms with Crippen LogP contribution in [0.4, 0.5) is 0 Å². The van der Waals surface area contributed by atoms with E-state index in [0.29, 0.717) is 0 Å². The van der Waals surface area contributed by atoms with Gasteiger partial charge in [-0.15, -0.1) is 0 Å². The molecule has 0 saturated heterocycles. The van der Waals surface area contributed by atoms with E-state index in [0.717, 1.165) is 37.5 Å². The first-order valence-electron chi connectivity index (χ1n) is 6.77. The van der Waals surface area contributed by atoms with Crippen molar-refractivity contribution < 1.29 is 0 Å². The molecule has 1 unspecified atom stereocenters. The number of imidazole rings is 1. The molecule has 0 aromatic carbocycles. The lowest BCUT2D eigenvalue weighted by Crippen LogP contribution is -2.24. The Kier molecular flexibility index (Phi) is 5.03. The van der Waals surface area contributed by atoms with Crippen LogP contribution in [-0.4, -0.2) is 26.1 Å². The zero-order chi connectivity index (χ0) is 13.5. The van der Waals surface area contributed by atoms with Gasteiger partial charge in [-0.3, -0.25) is 0 Å². The second-order valence-electron chi connectivity index (χ2n) is 4.61. The third-order valence-electron chi connectivity index (χ3n) is 3.12. The summed E-state index contributed by atoms with van der Waals surface area (Å²) in [6.45, 7) is 3.14. The maximum atomic E-state index is 4.36. The molecule has 2 aromatic heterocycles. The van der Waals surface area contributed by atoms with Crippen molar-refractivity contribution in [1.29, 1.82) is 0 Å². The molecule has 0 aliphatic carbocycles. The van der Waals surface area contributed by atoms with Crippen molar-refractivity contribution in [3.05, 3.63) is 42.5 Å². The van der Waals surface area contributed by atoms with E-state index in [9.17, 15) is 0 Å². The summed E-state index contributed by atoms with van der Waals surface area (Å²) in [7, 11) is 2.02. The molecular formula is C14H21N5. The van der Waals surface area contributed by atoms with Gasteiger partial charge in [0.25, 0.3) is 0 Å². The molecule has 5 heteroatoms. The van der Waals surface area contributed by atoms with Crippen LogP contribution in [0.25, 0.3) is 0 Å². The highest BCUT2D eigenvalue weighted by Crippen LogP contribution is 2.14. The van der Waals surface area contributed by atoms with E-state index in [1.807, 2.05) is 25.5 Å². The molecule has 0 aliphatic rings. The maximum Gasteiger partial charge on any atom is 0.145 e. The summed E-state index contributed by atoms with van der Waals surface area (Å²) in [6.07, 6.45) is 10.4. The van der Waals surface area contributed by atoms with E-state index in [1.54, 1.807) is 12.4 Å². The van der Waals surface area contributed by atoms with Gasteiger partial charge in [0, 0.05) is 38.3 Å². The number of hydrogen-bond acceptors (Lipinski definition) is 4. The van der Waals surface area contributed by atoms with Crippen LogP contribution in [0.2, 0.25) is 0 Å². The van der Waals surface area contributed by atoms with Crippen LogP contribution in [0.15, 0.2) is 30.9 Å². The summed E-state index contributed by atoms with van der Waals surface area (Å²) < 4.78 is 2.06. The fourth-order valence-electron chi connectivity index (χ4n) is 2.04. The zero-order valence-electron chi connectivity index (χ0n) is 11.6. The Morgan fingerprint density at radius 1 is 1.21 bits per heavy atom. The van der Waals surface area contributed by atoms with E-state index < -0.39 is 0 Å². The van der Waals surface area contributed by atoms with E-state index in [4.69, 9.17) is 0 Å². The number of hydrogen-bond donors (Lipinski definition) is 1. The monoisotopic (exact) mass is 259 g/mol. The zero-order valence-corrected chi connectivity index (χ0v) is 11.6. The fourth-order valence-corrected chi connectivity index (χ4v) is 2.04. The SMILES string of the molecule is CCCNC(CCc1nccn1C)c1ncccn1. The van der Waals surface area contributed by atoms with E-state index in [2.05, 4.69) is 31.8 Å². The van der Waals surface area contributed by atoms with Crippen molar-refractivity contribution in [2.24, 2.45) is 7.05 Å². The average molecular weight is 259 g/mol. The third kappa shape index (κ3) is 3.86. The van der Waals surface area contributed by atoms with E-state index in [1.165, 1.54) is 0 Å². The summed E-state index contributed by atoms with van der Waals surface area (Å²) in [6, 6.07) is 2.04. The van der Waals surface area contributed by atoms with Crippen LogP contribution >= 0.6 is 0 Å². The molecule has 0 fully saturated rings. The predicted molar refractivity (Wildman–Crippen MR) is 74.6 cm³/mol. The normalized spacial score (nSPS) is 12.5. The summed E-state index contributed by atoms with van der Waals surface area (Å²) in [5.41, 5.74) is 0. The van der Waals surface area contributed by atoms with Crippen molar-refractivity contribution >= 4 is 0 Å². The molecule has 2 aromatic rings. The molecule has 1 N–H and O–H groups in total. The number of aromatic nitrogens is 4. The molecule has 0 radical (unpaired) electrons. The first-order valence-corrected chi connectivity index (χ1v) is 6.77. The highest BCUT2D eigenvalue weighted by Gasteiger charge is 2.14. The third-order valence-corrected chi connectivity index (χ3v) is 3.12. The lowest BCUT2D eigenvalue weighted by atomic mass is 10.1. The number of nitrogens with one attached hydrogen (secondary N) is 1. The minimum Gasteiger partial charge on any atom is -0.338 e. The Morgan fingerprint density at radius 3 is 2.63 bits per heavy atom. The minimum atomic E-state index is 0.192. The van der Waals surface area contributed by atoms with Gasteiger partial charge in [-0.1, -0.05) is 6.92 Å². The number of nitrogens with zero attached hydrogens (tertiary/aromatic N) is 4.